The zero-order valence-electron chi connectivity index (χ0n) is 18.1. The van der Waals surface area contributed by atoms with E-state index in [0.29, 0.717) is 17.6 Å². The third-order valence-electron chi connectivity index (χ3n) is 5.42. The first-order valence-corrected chi connectivity index (χ1v) is 11.5. The highest BCUT2D eigenvalue weighted by molar-refractivity contribution is 9.10. The first-order chi connectivity index (χ1) is 16.2. The van der Waals surface area contributed by atoms with Crippen molar-refractivity contribution < 1.29 is 0 Å². The fraction of sp³-hybridized carbons (Fsp3) is 0.0357. The van der Waals surface area contributed by atoms with Gasteiger partial charge in [0.1, 0.15) is 0 Å². The summed E-state index contributed by atoms with van der Waals surface area (Å²) in [5.41, 5.74) is 4.89. The van der Waals surface area contributed by atoms with Crippen LogP contribution in [-0.2, 0) is 0 Å². The molecule has 160 valence electrons. The first-order valence-electron chi connectivity index (χ1n) is 10.7. The Balaban J connectivity index is 1.86. The van der Waals surface area contributed by atoms with Gasteiger partial charge in [-0.3, -0.25) is 4.57 Å². The summed E-state index contributed by atoms with van der Waals surface area (Å²) in [5.74, 6) is 1.83. The SMILES string of the molecule is C=Cc1c(/C=C\C)n(-c2nc(-c3ccccc3)nc(-c3ccccc3)n2)c2ccc(Br)cc12. The van der Waals surface area contributed by atoms with Crippen molar-refractivity contribution >= 4 is 39.0 Å². The molecule has 2 aromatic heterocycles. The number of hydrogen-bond acceptors (Lipinski definition) is 3. The van der Waals surface area contributed by atoms with Crippen molar-refractivity contribution in [2.75, 3.05) is 0 Å². The third kappa shape index (κ3) is 3.92. The van der Waals surface area contributed by atoms with Crippen LogP contribution in [0, 0.1) is 0 Å². The summed E-state index contributed by atoms with van der Waals surface area (Å²) in [4.78, 5) is 14.7. The summed E-state index contributed by atoms with van der Waals surface area (Å²) in [6.45, 7) is 6.08. The van der Waals surface area contributed by atoms with Crippen LogP contribution in [0.2, 0.25) is 0 Å². The minimum atomic E-state index is 0.566. The lowest BCUT2D eigenvalue weighted by Crippen LogP contribution is -2.07. The Morgan fingerprint density at radius 3 is 1.97 bits per heavy atom. The smallest absolute Gasteiger partial charge is 0.238 e. The first kappa shape index (κ1) is 21.0. The van der Waals surface area contributed by atoms with E-state index in [4.69, 9.17) is 15.0 Å². The predicted molar refractivity (Wildman–Crippen MR) is 140 cm³/mol. The molecule has 0 N–H and O–H groups in total. The van der Waals surface area contributed by atoms with Crippen molar-refractivity contribution in [1.29, 1.82) is 0 Å². The van der Waals surface area contributed by atoms with E-state index in [1.54, 1.807) is 0 Å². The van der Waals surface area contributed by atoms with E-state index >= 15 is 0 Å². The molecule has 0 unspecified atom stereocenters. The van der Waals surface area contributed by atoms with Crippen LogP contribution in [0.3, 0.4) is 0 Å². The number of fused-ring (bicyclic) bond motifs is 1. The van der Waals surface area contributed by atoms with Crippen molar-refractivity contribution in [2.45, 2.75) is 6.92 Å². The highest BCUT2D eigenvalue weighted by Crippen LogP contribution is 2.33. The topological polar surface area (TPSA) is 43.6 Å². The van der Waals surface area contributed by atoms with Gasteiger partial charge in [-0.05, 0) is 31.2 Å². The normalized spacial score (nSPS) is 11.3. The Hall–Kier alpha value is -3.83. The summed E-state index contributed by atoms with van der Waals surface area (Å²) in [6, 6.07) is 26.2. The van der Waals surface area contributed by atoms with E-state index in [2.05, 4.69) is 45.3 Å². The van der Waals surface area contributed by atoms with Crippen LogP contribution >= 0.6 is 15.9 Å². The molecule has 2 heterocycles. The molecule has 0 fully saturated rings. The molecular weight excluding hydrogens is 472 g/mol. The molecular formula is C28H21BrN4. The Morgan fingerprint density at radius 2 is 1.42 bits per heavy atom. The highest BCUT2D eigenvalue weighted by Gasteiger charge is 2.19. The molecule has 0 aliphatic carbocycles. The van der Waals surface area contributed by atoms with E-state index in [1.165, 1.54) is 0 Å². The van der Waals surface area contributed by atoms with Crippen LogP contribution in [0.15, 0.2) is 96.0 Å². The lowest BCUT2D eigenvalue weighted by Gasteiger charge is -2.11. The van der Waals surface area contributed by atoms with Gasteiger partial charge in [-0.2, -0.15) is 9.97 Å². The van der Waals surface area contributed by atoms with E-state index in [9.17, 15) is 0 Å². The summed E-state index contributed by atoms with van der Waals surface area (Å²) >= 11 is 3.61. The number of hydrogen-bond donors (Lipinski definition) is 0. The number of halogens is 1. The Labute approximate surface area is 201 Å². The zero-order valence-corrected chi connectivity index (χ0v) is 19.7. The van der Waals surface area contributed by atoms with E-state index in [-0.39, 0.29) is 0 Å². The van der Waals surface area contributed by atoms with Crippen LogP contribution in [0.5, 0.6) is 0 Å². The molecule has 33 heavy (non-hydrogen) atoms. The molecule has 0 aliphatic rings. The molecule has 4 nitrogen and oxygen atoms in total. The van der Waals surface area contributed by atoms with Gasteiger partial charge < -0.3 is 0 Å². The van der Waals surface area contributed by atoms with Crippen LogP contribution < -0.4 is 0 Å². The predicted octanol–water partition coefficient (Wildman–Crippen LogP) is 7.59. The second-order valence-corrected chi connectivity index (χ2v) is 8.43. The molecule has 0 bridgehead atoms. The monoisotopic (exact) mass is 492 g/mol. The van der Waals surface area contributed by atoms with Crippen LogP contribution in [0.1, 0.15) is 18.2 Å². The van der Waals surface area contributed by atoms with Gasteiger partial charge in [0.15, 0.2) is 11.6 Å². The molecule has 0 radical (unpaired) electrons. The fourth-order valence-corrected chi connectivity index (χ4v) is 4.32. The Morgan fingerprint density at radius 1 is 0.818 bits per heavy atom. The summed E-state index contributed by atoms with van der Waals surface area (Å²) < 4.78 is 3.09. The second-order valence-electron chi connectivity index (χ2n) is 7.51. The molecule has 0 saturated heterocycles. The lowest BCUT2D eigenvalue weighted by molar-refractivity contribution is 0.925. The maximum absolute atomic E-state index is 4.92. The molecule has 0 spiro atoms. The van der Waals surface area contributed by atoms with E-state index in [1.807, 2.05) is 85.8 Å². The van der Waals surface area contributed by atoms with Crippen LogP contribution in [0.25, 0.3) is 51.8 Å². The minimum absolute atomic E-state index is 0.566. The Kier molecular flexibility index (Phi) is 5.71. The number of benzene rings is 3. The molecule has 5 heteroatoms. The second kappa shape index (κ2) is 8.96. The average molecular weight is 493 g/mol. The maximum atomic E-state index is 4.92. The third-order valence-corrected chi connectivity index (χ3v) is 5.92. The van der Waals surface area contributed by atoms with Gasteiger partial charge in [0.25, 0.3) is 0 Å². The van der Waals surface area contributed by atoms with Crippen molar-refractivity contribution in [1.82, 2.24) is 19.5 Å². The van der Waals surface area contributed by atoms with Gasteiger partial charge >= 0.3 is 0 Å². The zero-order chi connectivity index (χ0) is 22.8. The summed E-state index contributed by atoms with van der Waals surface area (Å²) in [6.07, 6.45) is 5.97. The summed E-state index contributed by atoms with van der Waals surface area (Å²) in [7, 11) is 0. The van der Waals surface area contributed by atoms with Crippen molar-refractivity contribution in [3.05, 3.63) is 107 Å². The van der Waals surface area contributed by atoms with Gasteiger partial charge in [-0.15, -0.1) is 0 Å². The van der Waals surface area contributed by atoms with E-state index < -0.39 is 0 Å². The molecule has 0 aliphatic heterocycles. The van der Waals surface area contributed by atoms with Crippen LogP contribution in [0.4, 0.5) is 0 Å². The van der Waals surface area contributed by atoms with Gasteiger partial charge in [0, 0.05) is 26.5 Å². The number of rotatable bonds is 5. The Bertz CT molecular complexity index is 1430. The minimum Gasteiger partial charge on any atom is -0.278 e. The van der Waals surface area contributed by atoms with Gasteiger partial charge in [0.05, 0.1) is 11.2 Å². The molecule has 5 rings (SSSR count). The molecule has 0 saturated carbocycles. The van der Waals surface area contributed by atoms with Crippen LogP contribution in [-0.4, -0.2) is 19.5 Å². The lowest BCUT2D eigenvalue weighted by atomic mass is 10.1. The van der Waals surface area contributed by atoms with Crippen molar-refractivity contribution in [3.8, 4) is 28.7 Å². The molecule has 5 aromatic rings. The molecule has 0 amide bonds. The van der Waals surface area contributed by atoms with Gasteiger partial charge in [0.2, 0.25) is 5.95 Å². The average Bonchev–Trinajstić information content (AvgIpc) is 3.17. The van der Waals surface area contributed by atoms with Crippen molar-refractivity contribution in [3.63, 3.8) is 0 Å². The number of allylic oxidation sites excluding steroid dienone is 1. The van der Waals surface area contributed by atoms with Gasteiger partial charge in [-0.25, -0.2) is 4.98 Å². The van der Waals surface area contributed by atoms with Gasteiger partial charge in [-0.1, -0.05) is 95.3 Å². The maximum Gasteiger partial charge on any atom is 0.238 e. The standard InChI is InChI=1S/C28H21BrN4/c1-3-11-24-22(4-2)23-18-21(29)16-17-25(23)33(24)28-31-26(19-12-7-5-8-13-19)30-27(32-28)20-14-9-6-10-15-20/h3-18H,2H2,1H3/b11-3-. The fourth-order valence-electron chi connectivity index (χ4n) is 3.96. The number of aromatic nitrogens is 4. The largest absolute Gasteiger partial charge is 0.278 e. The van der Waals surface area contributed by atoms with E-state index in [0.717, 1.165) is 37.8 Å². The number of nitrogens with zero attached hydrogens (tertiary/aromatic N) is 4. The molecule has 3 aromatic carbocycles. The van der Waals surface area contributed by atoms with Crippen molar-refractivity contribution in [2.24, 2.45) is 0 Å². The summed E-state index contributed by atoms with van der Waals surface area (Å²) in [5, 5.41) is 1.08. The quantitative estimate of drug-likeness (QED) is 0.253. The molecule has 0 atom stereocenters. The highest BCUT2D eigenvalue weighted by atomic mass is 79.9.